The molecule has 8 rings (SSSR count). The van der Waals surface area contributed by atoms with Gasteiger partial charge in [-0.2, -0.15) is 9.10 Å². The van der Waals surface area contributed by atoms with Crippen molar-refractivity contribution < 1.29 is 45.7 Å². The summed E-state index contributed by atoms with van der Waals surface area (Å²) in [7, 11) is -5.13. The minimum Gasteiger partial charge on any atom is -0.497 e. The monoisotopic (exact) mass is 1030 g/mol. The molecule has 0 radical (unpaired) electrons. The van der Waals surface area contributed by atoms with Gasteiger partial charge in [-0.25, -0.2) is 26.6 Å². The van der Waals surface area contributed by atoms with E-state index in [9.17, 15) is 18.3 Å². The number of benzene rings is 6. The molecule has 6 aromatic carbocycles. The number of amides is 1. The Morgan fingerprint density at radius 3 is 1.94 bits per heavy atom. The molecule has 0 saturated carbocycles. The van der Waals surface area contributed by atoms with Crippen molar-refractivity contribution in [3.8, 4) is 39.8 Å². The van der Waals surface area contributed by atoms with Gasteiger partial charge in [-0.1, -0.05) is 84.9 Å². The molecule has 1 amide bonds. The third-order valence-corrected chi connectivity index (χ3v) is 16.0. The number of nitrogens with one attached hydrogen (secondary N) is 2. The molecule has 22 heteroatoms. The van der Waals surface area contributed by atoms with Gasteiger partial charge < -0.3 is 35.1 Å². The molecule has 0 aliphatic carbocycles. The lowest BCUT2D eigenvalue weighted by molar-refractivity contribution is 0.136. The number of aromatic nitrogens is 5. The van der Waals surface area contributed by atoms with Crippen molar-refractivity contribution in [2.75, 3.05) is 39.3 Å². The summed E-state index contributed by atoms with van der Waals surface area (Å²) in [6, 6.07) is 38.2. The van der Waals surface area contributed by atoms with Gasteiger partial charge in [-0.05, 0) is 81.6 Å². The van der Waals surface area contributed by atoms with E-state index in [4.69, 9.17) is 34.8 Å². The second-order valence-electron chi connectivity index (χ2n) is 16.2. The number of sulfonamides is 2. The Bertz CT molecular complexity index is 3310. The van der Waals surface area contributed by atoms with Crippen LogP contribution in [0.2, 0.25) is 0 Å². The van der Waals surface area contributed by atoms with Crippen LogP contribution in [0.4, 0.5) is 10.5 Å². The zero-order valence-electron chi connectivity index (χ0n) is 39.3. The predicted molar refractivity (Wildman–Crippen MR) is 272 cm³/mol. The fourth-order valence-corrected chi connectivity index (χ4v) is 11.4. The van der Waals surface area contributed by atoms with Crippen LogP contribution in [0, 0.1) is 0 Å². The fourth-order valence-electron chi connectivity index (χ4n) is 7.67. The lowest BCUT2D eigenvalue weighted by Crippen LogP contribution is -2.38. The number of hydrogen-bond acceptors (Lipinski definition) is 16. The van der Waals surface area contributed by atoms with Crippen LogP contribution in [0.15, 0.2) is 138 Å². The first-order valence-electron chi connectivity index (χ1n) is 22.3. The molecule has 8 aromatic rings. The average molecular weight is 1030 g/mol. The van der Waals surface area contributed by atoms with Crippen molar-refractivity contribution >= 4 is 53.4 Å². The summed E-state index contributed by atoms with van der Waals surface area (Å²) in [4.78, 5) is 18.4. The van der Waals surface area contributed by atoms with E-state index in [0.29, 0.717) is 44.5 Å². The van der Waals surface area contributed by atoms with Gasteiger partial charge in [0.05, 0.1) is 55.9 Å². The Morgan fingerprint density at radius 2 is 1.36 bits per heavy atom. The van der Waals surface area contributed by atoms with Gasteiger partial charge in [0.15, 0.2) is 0 Å². The normalized spacial score (nSPS) is 12.1. The molecule has 0 fully saturated rings. The van der Waals surface area contributed by atoms with E-state index in [1.54, 1.807) is 110 Å². The van der Waals surface area contributed by atoms with Gasteiger partial charge in [0.1, 0.15) is 39.0 Å². The number of anilines is 1. The van der Waals surface area contributed by atoms with E-state index in [0.717, 1.165) is 15.8 Å². The van der Waals surface area contributed by atoms with Crippen LogP contribution < -0.4 is 30.0 Å². The predicted octanol–water partition coefficient (Wildman–Crippen LogP) is 6.57. The number of hydrogen-bond donors (Lipinski definition) is 4. The summed E-state index contributed by atoms with van der Waals surface area (Å²) in [5, 5.41) is 25.5. The molecule has 0 spiro atoms. The van der Waals surface area contributed by atoms with E-state index in [-0.39, 0.29) is 49.7 Å². The van der Waals surface area contributed by atoms with Gasteiger partial charge in [0.25, 0.3) is 0 Å². The maximum atomic E-state index is 16.2. The topological polar surface area (TPSA) is 252 Å². The molecule has 72 heavy (non-hydrogen) atoms. The number of aliphatic hydroxyl groups excluding tert-OH is 1. The minimum atomic E-state index is -4.93. The molecule has 0 bridgehead atoms. The van der Waals surface area contributed by atoms with Crippen molar-refractivity contribution in [1.29, 1.82) is 0 Å². The summed E-state index contributed by atoms with van der Waals surface area (Å²) in [6.45, 7) is -1.88. The van der Waals surface area contributed by atoms with Crippen LogP contribution in [-0.4, -0.2) is 97.3 Å². The van der Waals surface area contributed by atoms with E-state index >= 15 is 8.42 Å². The highest BCUT2D eigenvalue weighted by atomic mass is 32.2. The summed E-state index contributed by atoms with van der Waals surface area (Å²) in [5.41, 5.74) is 9.45. The first-order chi connectivity index (χ1) is 34.8. The molecule has 2 heterocycles. The third-order valence-electron chi connectivity index (χ3n) is 11.5. The number of ether oxygens (including phenoxy) is 4. The van der Waals surface area contributed by atoms with Crippen LogP contribution in [-0.2, 0) is 57.5 Å². The summed E-state index contributed by atoms with van der Waals surface area (Å²) in [5.74, 6) is 1.55. The van der Waals surface area contributed by atoms with Crippen LogP contribution in [0.3, 0.4) is 0 Å². The third kappa shape index (κ3) is 11.8. The highest BCUT2D eigenvalue weighted by molar-refractivity contribution is 7.93. The van der Waals surface area contributed by atoms with Crippen molar-refractivity contribution in [2.24, 2.45) is 5.73 Å². The number of nitrogens with zero attached hydrogens (tertiary/aromatic N) is 6. The van der Waals surface area contributed by atoms with Gasteiger partial charge in [0, 0.05) is 31.7 Å². The van der Waals surface area contributed by atoms with E-state index in [2.05, 4.69) is 20.4 Å². The standard InChI is InChI=1S/C50H51N9O10S3/c1-66-37-18-12-34(13-19-37)28-58(29-35-14-20-38(67-2)21-15-35)72(64,65)48-43(56-71(62,63)40(31-60)32-69-50(61)52-27-33-8-5-4-6-9-33)25-24-41(42-10-7-11-44-47(42)53-45(26-51)70-44)46(48)49-54-57-59(55-49)30-36-16-22-39(68-3)23-17-36/h4-25,40,56,60H,26-32,51H2,1-3H3,(H,52,61). The average Bonchev–Trinajstić information content (AvgIpc) is 4.06. The molecular weight excluding hydrogens is 983 g/mol. The van der Waals surface area contributed by atoms with Crippen molar-refractivity contribution in [3.05, 3.63) is 161 Å². The number of carbonyl (C=O) groups is 1. The number of carbonyl (C=O) groups excluding carboxylic acids is 1. The second kappa shape index (κ2) is 22.7. The Morgan fingerprint density at radius 1 is 0.750 bits per heavy atom. The van der Waals surface area contributed by atoms with Gasteiger partial charge >= 0.3 is 6.09 Å². The van der Waals surface area contributed by atoms with Crippen LogP contribution in [0.25, 0.3) is 32.7 Å². The Balaban J connectivity index is 1.31. The number of aliphatic hydroxyl groups is 1. The van der Waals surface area contributed by atoms with Crippen LogP contribution in [0.1, 0.15) is 27.3 Å². The molecule has 2 aromatic heterocycles. The van der Waals surface area contributed by atoms with Gasteiger partial charge in [0.2, 0.25) is 25.9 Å². The number of alkyl carbamates (subject to hydrolysis) is 1. The first-order valence-corrected chi connectivity index (χ1v) is 26.1. The summed E-state index contributed by atoms with van der Waals surface area (Å²) >= 11 is 1.37. The van der Waals surface area contributed by atoms with Crippen molar-refractivity contribution in [2.45, 2.75) is 42.9 Å². The van der Waals surface area contributed by atoms with E-state index < -0.39 is 55.2 Å². The lowest BCUT2D eigenvalue weighted by atomic mass is 9.97. The molecule has 1 atom stereocenters. The number of tetrazole rings is 1. The number of thiazole rings is 1. The number of methoxy groups -OCH3 is 3. The van der Waals surface area contributed by atoms with Gasteiger partial charge in [-0.3, -0.25) is 4.72 Å². The SMILES string of the molecule is COc1ccc(CN(Cc2ccc(OC)cc2)S(=O)(=O)c2c(NS(=O)(=O)C(CO)COC(=O)NCc3ccccc3)ccc(-c3cccc4sc(CN)nc34)c2-c2nnn(Cc3ccc(OC)cc3)n2)cc1. The molecule has 374 valence electrons. The highest BCUT2D eigenvalue weighted by Gasteiger charge is 2.37. The number of para-hydroxylation sites is 1. The Kier molecular flexibility index (Phi) is 16.1. The van der Waals surface area contributed by atoms with Crippen LogP contribution >= 0.6 is 11.3 Å². The second-order valence-corrected chi connectivity index (χ2v) is 21.1. The Hall–Kier alpha value is -7.47. The van der Waals surface area contributed by atoms with Gasteiger partial charge in [-0.15, -0.1) is 21.5 Å². The summed E-state index contributed by atoms with van der Waals surface area (Å²) in [6.07, 6.45) is -0.937. The first kappa shape index (κ1) is 50.9. The molecule has 0 aliphatic heterocycles. The zero-order valence-corrected chi connectivity index (χ0v) is 41.8. The maximum absolute atomic E-state index is 16.2. The molecule has 0 aliphatic rings. The number of rotatable bonds is 22. The van der Waals surface area contributed by atoms with E-state index in [1.807, 2.05) is 24.3 Å². The largest absolute Gasteiger partial charge is 0.497 e. The smallest absolute Gasteiger partial charge is 0.407 e. The van der Waals surface area contributed by atoms with Crippen molar-refractivity contribution in [3.63, 3.8) is 0 Å². The van der Waals surface area contributed by atoms with Crippen LogP contribution in [0.5, 0.6) is 17.2 Å². The molecule has 1 unspecified atom stereocenters. The summed E-state index contributed by atoms with van der Waals surface area (Å²) < 4.78 is 87.3. The lowest BCUT2D eigenvalue weighted by Gasteiger charge is -2.27. The quantitative estimate of drug-likeness (QED) is 0.0560. The number of fused-ring (bicyclic) bond motifs is 1. The fraction of sp³-hybridized carbons (Fsp3) is 0.220. The molecule has 19 nitrogen and oxygen atoms in total. The van der Waals surface area contributed by atoms with E-state index in [1.165, 1.54) is 40.7 Å². The molecule has 0 saturated heterocycles. The minimum absolute atomic E-state index is 0.0925. The van der Waals surface area contributed by atoms with Crippen molar-refractivity contribution in [1.82, 2.24) is 34.8 Å². The molecular formula is C50H51N9O10S3. The Labute approximate surface area is 420 Å². The number of nitrogens with two attached hydrogens (primary N) is 1. The molecule has 5 N–H and O–H groups in total. The maximum Gasteiger partial charge on any atom is 0.407 e. The highest BCUT2D eigenvalue weighted by Crippen LogP contribution is 2.44. The zero-order chi connectivity index (χ0) is 50.8.